The molecule has 0 aromatic heterocycles. The van der Waals surface area contributed by atoms with Crippen LogP contribution in [0.15, 0.2) is 66.7 Å². The van der Waals surface area contributed by atoms with E-state index in [-0.39, 0.29) is 18.4 Å². The second-order valence-corrected chi connectivity index (χ2v) is 7.89. The molecule has 158 valence electrons. The van der Waals surface area contributed by atoms with Crippen molar-refractivity contribution in [2.45, 2.75) is 12.5 Å². The summed E-state index contributed by atoms with van der Waals surface area (Å²) in [4.78, 5) is 29.4. The van der Waals surface area contributed by atoms with Gasteiger partial charge in [-0.2, -0.15) is 0 Å². The Morgan fingerprint density at radius 1 is 0.806 bits per heavy atom. The lowest BCUT2D eigenvalue weighted by molar-refractivity contribution is -0.146. The molecule has 0 spiro atoms. The number of nitrogens with zero attached hydrogens (tertiary/aromatic N) is 2. The summed E-state index contributed by atoms with van der Waals surface area (Å²) in [7, 11) is 0. The number of piperazine rings is 1. The lowest BCUT2D eigenvalue weighted by Gasteiger charge is -2.37. The van der Waals surface area contributed by atoms with Gasteiger partial charge in [0.15, 0.2) is 11.5 Å². The lowest BCUT2D eigenvalue weighted by atomic mass is 10.0. The molecule has 0 unspecified atom stereocenters. The Hall–Kier alpha value is -3.54. The van der Waals surface area contributed by atoms with Gasteiger partial charge in [-0.15, -0.1) is 0 Å². The summed E-state index contributed by atoms with van der Waals surface area (Å²) in [5.74, 6) is 1.26. The highest BCUT2D eigenvalue weighted by Crippen LogP contribution is 2.31. The maximum atomic E-state index is 12.9. The van der Waals surface area contributed by atoms with E-state index in [9.17, 15) is 9.59 Å². The zero-order valence-electron chi connectivity index (χ0n) is 17.2. The molecule has 2 amide bonds. The molecule has 2 heterocycles. The Kier molecular flexibility index (Phi) is 5.20. The summed E-state index contributed by atoms with van der Waals surface area (Å²) in [5, 5.41) is 2.25. The molecule has 1 saturated heterocycles. The van der Waals surface area contributed by atoms with Gasteiger partial charge in [-0.1, -0.05) is 54.6 Å². The number of para-hydroxylation sites is 2. The van der Waals surface area contributed by atoms with Crippen LogP contribution in [0.3, 0.4) is 0 Å². The number of fused-ring (bicyclic) bond motifs is 2. The molecule has 0 aliphatic carbocycles. The number of hydrogen-bond donors (Lipinski definition) is 0. The third kappa shape index (κ3) is 3.93. The fourth-order valence-electron chi connectivity index (χ4n) is 4.24. The zero-order chi connectivity index (χ0) is 21.2. The van der Waals surface area contributed by atoms with Crippen LogP contribution in [0.25, 0.3) is 10.8 Å². The quantitative estimate of drug-likeness (QED) is 0.659. The van der Waals surface area contributed by atoms with E-state index >= 15 is 0 Å². The number of carbonyl (C=O) groups is 2. The summed E-state index contributed by atoms with van der Waals surface area (Å²) in [6, 6.07) is 21.5. The van der Waals surface area contributed by atoms with Gasteiger partial charge in [0.2, 0.25) is 12.0 Å². The van der Waals surface area contributed by atoms with E-state index in [1.165, 1.54) is 0 Å². The highest BCUT2D eigenvalue weighted by Gasteiger charge is 2.33. The van der Waals surface area contributed by atoms with Crippen molar-refractivity contribution >= 4 is 22.6 Å². The van der Waals surface area contributed by atoms with E-state index < -0.39 is 6.10 Å². The molecular weight excluding hydrogens is 392 g/mol. The maximum absolute atomic E-state index is 12.9. The van der Waals surface area contributed by atoms with Crippen molar-refractivity contribution < 1.29 is 19.1 Å². The molecular formula is C25H24N2O4. The Labute approximate surface area is 181 Å². The van der Waals surface area contributed by atoms with Crippen LogP contribution in [0.2, 0.25) is 0 Å². The number of hydrogen-bond acceptors (Lipinski definition) is 4. The first-order valence-electron chi connectivity index (χ1n) is 10.6. The molecule has 2 aliphatic rings. The fourth-order valence-corrected chi connectivity index (χ4v) is 4.24. The zero-order valence-corrected chi connectivity index (χ0v) is 17.2. The van der Waals surface area contributed by atoms with Crippen molar-refractivity contribution in [2.24, 2.45) is 0 Å². The van der Waals surface area contributed by atoms with Crippen LogP contribution in [0.1, 0.15) is 5.56 Å². The first kappa shape index (κ1) is 19.4. The second kappa shape index (κ2) is 8.30. The van der Waals surface area contributed by atoms with Gasteiger partial charge in [0.25, 0.3) is 5.91 Å². The maximum Gasteiger partial charge on any atom is 0.267 e. The Balaban J connectivity index is 1.18. The third-order valence-electron chi connectivity index (χ3n) is 5.95. The van der Waals surface area contributed by atoms with Crippen LogP contribution in [0, 0.1) is 0 Å². The van der Waals surface area contributed by atoms with E-state index in [0.29, 0.717) is 44.1 Å². The van der Waals surface area contributed by atoms with Crippen molar-refractivity contribution in [1.29, 1.82) is 0 Å². The molecule has 0 saturated carbocycles. The monoisotopic (exact) mass is 416 g/mol. The molecule has 6 heteroatoms. The molecule has 2 aliphatic heterocycles. The van der Waals surface area contributed by atoms with E-state index in [4.69, 9.17) is 9.47 Å². The van der Waals surface area contributed by atoms with Crippen LogP contribution >= 0.6 is 0 Å². The highest BCUT2D eigenvalue weighted by molar-refractivity contribution is 5.90. The first-order chi connectivity index (χ1) is 15.2. The van der Waals surface area contributed by atoms with Crippen LogP contribution in [-0.2, 0) is 16.0 Å². The number of benzene rings is 3. The smallest absolute Gasteiger partial charge is 0.267 e. The first-order valence-corrected chi connectivity index (χ1v) is 10.6. The summed E-state index contributed by atoms with van der Waals surface area (Å²) in [5.41, 5.74) is 1.04. The molecule has 3 aromatic rings. The van der Waals surface area contributed by atoms with Gasteiger partial charge < -0.3 is 19.3 Å². The molecule has 0 bridgehead atoms. The van der Waals surface area contributed by atoms with Crippen LogP contribution in [-0.4, -0.2) is 60.5 Å². The van der Waals surface area contributed by atoms with Gasteiger partial charge in [-0.3, -0.25) is 9.59 Å². The van der Waals surface area contributed by atoms with Crippen molar-refractivity contribution in [2.75, 3.05) is 32.8 Å². The number of amides is 2. The molecule has 1 fully saturated rings. The summed E-state index contributed by atoms with van der Waals surface area (Å²) < 4.78 is 11.5. The molecule has 5 rings (SSSR count). The van der Waals surface area contributed by atoms with Gasteiger partial charge in [-0.05, 0) is 28.5 Å². The Morgan fingerprint density at radius 3 is 2.32 bits per heavy atom. The number of carbonyl (C=O) groups excluding carboxylic acids is 2. The predicted octanol–water partition coefficient (Wildman–Crippen LogP) is 2.89. The number of ether oxygens (including phenoxy) is 2. The minimum absolute atomic E-state index is 0.0874. The SMILES string of the molecule is O=C(Cc1cccc2ccccc12)N1CCN(C(=O)[C@H]2COc3ccccc3O2)CC1. The Morgan fingerprint density at radius 2 is 1.48 bits per heavy atom. The van der Waals surface area contributed by atoms with Gasteiger partial charge in [0.1, 0.15) is 6.61 Å². The fraction of sp³-hybridized carbons (Fsp3) is 0.280. The van der Waals surface area contributed by atoms with Crippen molar-refractivity contribution in [3.8, 4) is 11.5 Å². The van der Waals surface area contributed by atoms with Crippen molar-refractivity contribution in [1.82, 2.24) is 9.80 Å². The van der Waals surface area contributed by atoms with Gasteiger partial charge >= 0.3 is 0 Å². The average molecular weight is 416 g/mol. The highest BCUT2D eigenvalue weighted by atomic mass is 16.6. The van der Waals surface area contributed by atoms with E-state index in [1.54, 1.807) is 11.0 Å². The lowest BCUT2D eigenvalue weighted by Crippen LogP contribution is -2.55. The number of rotatable bonds is 3. The molecule has 0 radical (unpaired) electrons. The molecule has 0 N–H and O–H groups in total. The average Bonchev–Trinajstić information content (AvgIpc) is 2.83. The topological polar surface area (TPSA) is 59.1 Å². The Bertz CT molecular complexity index is 1120. The largest absolute Gasteiger partial charge is 0.485 e. The minimum Gasteiger partial charge on any atom is -0.485 e. The molecule has 1 atom stereocenters. The second-order valence-electron chi connectivity index (χ2n) is 7.89. The molecule has 3 aromatic carbocycles. The summed E-state index contributed by atoms with van der Waals surface area (Å²) in [6.07, 6.45) is -0.279. The van der Waals surface area contributed by atoms with E-state index in [2.05, 4.69) is 18.2 Å². The van der Waals surface area contributed by atoms with Gasteiger partial charge in [0.05, 0.1) is 6.42 Å². The van der Waals surface area contributed by atoms with Crippen molar-refractivity contribution in [3.05, 3.63) is 72.3 Å². The normalized spacial score (nSPS) is 18.1. The van der Waals surface area contributed by atoms with E-state index in [0.717, 1.165) is 16.3 Å². The van der Waals surface area contributed by atoms with Crippen LogP contribution in [0.4, 0.5) is 0 Å². The van der Waals surface area contributed by atoms with Gasteiger partial charge in [0, 0.05) is 26.2 Å². The summed E-state index contributed by atoms with van der Waals surface area (Å²) >= 11 is 0. The molecule has 31 heavy (non-hydrogen) atoms. The van der Waals surface area contributed by atoms with E-state index in [1.807, 2.05) is 47.4 Å². The van der Waals surface area contributed by atoms with Crippen molar-refractivity contribution in [3.63, 3.8) is 0 Å². The van der Waals surface area contributed by atoms with Crippen LogP contribution in [0.5, 0.6) is 11.5 Å². The standard InChI is InChI=1S/C25H24N2O4/c28-24(16-19-8-5-7-18-6-1-2-9-20(18)19)26-12-14-27(15-13-26)25(29)23-17-30-21-10-3-4-11-22(21)31-23/h1-11,23H,12-17H2/t23-/m1/s1. The minimum atomic E-state index is -0.646. The summed E-state index contributed by atoms with van der Waals surface area (Å²) in [6.45, 7) is 2.26. The molecule has 6 nitrogen and oxygen atoms in total. The third-order valence-corrected chi connectivity index (χ3v) is 5.95. The van der Waals surface area contributed by atoms with Crippen LogP contribution < -0.4 is 9.47 Å². The van der Waals surface area contributed by atoms with Gasteiger partial charge in [-0.25, -0.2) is 0 Å². The predicted molar refractivity (Wildman–Crippen MR) is 117 cm³/mol.